The van der Waals surface area contributed by atoms with Gasteiger partial charge in [-0.3, -0.25) is 4.79 Å². The molecule has 92 valence electrons. The van der Waals surface area contributed by atoms with Crippen LogP contribution in [0.3, 0.4) is 0 Å². The van der Waals surface area contributed by atoms with Gasteiger partial charge in [-0.2, -0.15) is 0 Å². The van der Waals surface area contributed by atoms with Crippen LogP contribution in [0.25, 0.3) is 0 Å². The fraction of sp³-hybridized carbons (Fsp3) is 0.538. The van der Waals surface area contributed by atoms with Crippen molar-refractivity contribution in [3.05, 3.63) is 23.4 Å². The summed E-state index contributed by atoms with van der Waals surface area (Å²) >= 11 is 0. The zero-order chi connectivity index (χ0) is 12.3. The summed E-state index contributed by atoms with van der Waals surface area (Å²) in [5, 5.41) is 6.14. The molecular weight excluding hydrogens is 214 g/mol. The van der Waals surface area contributed by atoms with E-state index in [4.69, 9.17) is 0 Å². The number of amides is 1. The molecule has 2 rings (SSSR count). The summed E-state index contributed by atoms with van der Waals surface area (Å²) in [5.74, 6) is 1.20. The van der Waals surface area contributed by atoms with Crippen LogP contribution in [0.4, 0.5) is 5.82 Å². The molecule has 1 aliphatic heterocycles. The number of nitrogens with one attached hydrogen (secondary N) is 2. The van der Waals surface area contributed by atoms with Crippen molar-refractivity contribution in [2.75, 3.05) is 18.4 Å². The fourth-order valence-corrected chi connectivity index (χ4v) is 2.25. The van der Waals surface area contributed by atoms with E-state index < -0.39 is 0 Å². The topological polar surface area (TPSA) is 54.0 Å². The van der Waals surface area contributed by atoms with Gasteiger partial charge in [-0.25, -0.2) is 4.98 Å². The normalized spacial score (nSPS) is 19.3. The van der Waals surface area contributed by atoms with E-state index in [2.05, 4.69) is 15.6 Å². The van der Waals surface area contributed by atoms with Gasteiger partial charge in [0.05, 0.1) is 0 Å². The summed E-state index contributed by atoms with van der Waals surface area (Å²) in [5.41, 5.74) is 2.05. The minimum atomic E-state index is 0.0659. The van der Waals surface area contributed by atoms with Crippen molar-refractivity contribution in [2.45, 2.75) is 26.7 Å². The lowest BCUT2D eigenvalue weighted by Gasteiger charge is -2.09. The van der Waals surface area contributed by atoms with Gasteiger partial charge in [0, 0.05) is 12.1 Å². The van der Waals surface area contributed by atoms with Gasteiger partial charge >= 0.3 is 0 Å². The van der Waals surface area contributed by atoms with Crippen LogP contribution in [0.2, 0.25) is 0 Å². The average Bonchev–Trinajstić information content (AvgIpc) is 2.67. The van der Waals surface area contributed by atoms with E-state index in [1.807, 2.05) is 26.0 Å². The van der Waals surface area contributed by atoms with Crippen LogP contribution in [0.5, 0.6) is 0 Å². The number of nitrogens with zero attached hydrogens (tertiary/aromatic N) is 1. The lowest BCUT2D eigenvalue weighted by Crippen LogP contribution is -2.19. The minimum absolute atomic E-state index is 0.0659. The van der Waals surface area contributed by atoms with E-state index in [0.29, 0.717) is 18.2 Å². The van der Waals surface area contributed by atoms with Crippen molar-refractivity contribution in [1.82, 2.24) is 10.3 Å². The fourth-order valence-electron chi connectivity index (χ4n) is 2.25. The minimum Gasteiger partial charge on any atom is -0.316 e. The number of aromatic nitrogens is 1. The van der Waals surface area contributed by atoms with Crippen molar-refractivity contribution in [1.29, 1.82) is 0 Å². The Morgan fingerprint density at radius 3 is 3.00 bits per heavy atom. The molecule has 4 heteroatoms. The molecule has 1 amide bonds. The molecule has 2 heterocycles. The SMILES string of the molecule is Cc1cc(C)nc(NC(=O)CC2CCNC2)c1. The third kappa shape index (κ3) is 3.53. The maximum Gasteiger partial charge on any atom is 0.225 e. The van der Waals surface area contributed by atoms with E-state index in [9.17, 15) is 4.79 Å². The molecule has 1 aliphatic rings. The second kappa shape index (κ2) is 5.27. The van der Waals surface area contributed by atoms with Gasteiger partial charge in [-0.15, -0.1) is 0 Å². The third-order valence-electron chi connectivity index (χ3n) is 3.00. The molecule has 1 fully saturated rings. The number of carbonyl (C=O) groups excluding carboxylic acids is 1. The van der Waals surface area contributed by atoms with Gasteiger partial charge in [-0.05, 0) is 57.0 Å². The van der Waals surface area contributed by atoms with E-state index in [1.165, 1.54) is 0 Å². The van der Waals surface area contributed by atoms with Gasteiger partial charge in [0.1, 0.15) is 5.82 Å². The van der Waals surface area contributed by atoms with Gasteiger partial charge in [0.25, 0.3) is 0 Å². The molecule has 2 N–H and O–H groups in total. The quantitative estimate of drug-likeness (QED) is 0.834. The van der Waals surface area contributed by atoms with Crippen molar-refractivity contribution in [2.24, 2.45) is 5.92 Å². The van der Waals surface area contributed by atoms with E-state index in [1.54, 1.807) is 0 Å². The molecule has 1 aromatic heterocycles. The van der Waals surface area contributed by atoms with Crippen LogP contribution in [0.1, 0.15) is 24.1 Å². The monoisotopic (exact) mass is 233 g/mol. The van der Waals surface area contributed by atoms with Crippen molar-refractivity contribution in [3.8, 4) is 0 Å². The Labute approximate surface area is 102 Å². The first-order valence-electron chi connectivity index (χ1n) is 6.09. The summed E-state index contributed by atoms with van der Waals surface area (Å²) in [4.78, 5) is 16.1. The van der Waals surface area contributed by atoms with Crippen LogP contribution in [-0.2, 0) is 4.79 Å². The molecule has 1 saturated heterocycles. The van der Waals surface area contributed by atoms with E-state index >= 15 is 0 Å². The predicted octanol–water partition coefficient (Wildman–Crippen LogP) is 1.64. The summed E-state index contributed by atoms with van der Waals surface area (Å²) in [6.45, 7) is 5.92. The first kappa shape index (κ1) is 12.0. The summed E-state index contributed by atoms with van der Waals surface area (Å²) in [6.07, 6.45) is 1.68. The zero-order valence-corrected chi connectivity index (χ0v) is 10.4. The van der Waals surface area contributed by atoms with Crippen LogP contribution in [0.15, 0.2) is 12.1 Å². The summed E-state index contributed by atoms with van der Waals surface area (Å²) in [7, 11) is 0. The van der Waals surface area contributed by atoms with Crippen molar-refractivity contribution >= 4 is 11.7 Å². The Bertz CT molecular complexity index is 391. The number of anilines is 1. The highest BCUT2D eigenvalue weighted by molar-refractivity contribution is 5.90. The Balaban J connectivity index is 1.92. The molecule has 0 aliphatic carbocycles. The Hall–Kier alpha value is -1.42. The molecule has 0 radical (unpaired) electrons. The lowest BCUT2D eigenvalue weighted by molar-refractivity contribution is -0.117. The number of carbonyl (C=O) groups is 1. The molecular formula is C13H19N3O. The molecule has 0 bridgehead atoms. The smallest absolute Gasteiger partial charge is 0.225 e. The number of hydrogen-bond acceptors (Lipinski definition) is 3. The second-order valence-corrected chi connectivity index (χ2v) is 4.78. The highest BCUT2D eigenvalue weighted by Gasteiger charge is 2.18. The average molecular weight is 233 g/mol. The Morgan fingerprint density at radius 2 is 2.35 bits per heavy atom. The molecule has 17 heavy (non-hydrogen) atoms. The number of pyridine rings is 1. The predicted molar refractivity (Wildman–Crippen MR) is 67.9 cm³/mol. The molecule has 1 aromatic rings. The second-order valence-electron chi connectivity index (χ2n) is 4.78. The summed E-state index contributed by atoms with van der Waals surface area (Å²) < 4.78 is 0. The first-order chi connectivity index (χ1) is 8.13. The molecule has 1 atom stereocenters. The Morgan fingerprint density at radius 1 is 1.53 bits per heavy atom. The maximum atomic E-state index is 11.8. The summed E-state index contributed by atoms with van der Waals surface area (Å²) in [6, 6.07) is 3.90. The van der Waals surface area contributed by atoms with E-state index in [-0.39, 0.29) is 5.91 Å². The zero-order valence-electron chi connectivity index (χ0n) is 10.4. The van der Waals surface area contributed by atoms with E-state index in [0.717, 1.165) is 30.8 Å². The van der Waals surface area contributed by atoms with Gasteiger partial charge in [-0.1, -0.05) is 0 Å². The molecule has 0 spiro atoms. The third-order valence-corrected chi connectivity index (χ3v) is 3.00. The number of aryl methyl sites for hydroxylation is 2. The van der Waals surface area contributed by atoms with Gasteiger partial charge < -0.3 is 10.6 Å². The molecule has 1 unspecified atom stereocenters. The Kier molecular flexibility index (Phi) is 3.74. The molecule has 4 nitrogen and oxygen atoms in total. The molecule has 0 saturated carbocycles. The van der Waals surface area contributed by atoms with Crippen molar-refractivity contribution < 1.29 is 4.79 Å². The van der Waals surface area contributed by atoms with Crippen LogP contribution in [-0.4, -0.2) is 24.0 Å². The largest absolute Gasteiger partial charge is 0.316 e. The first-order valence-corrected chi connectivity index (χ1v) is 6.09. The highest BCUT2D eigenvalue weighted by atomic mass is 16.1. The number of hydrogen-bond donors (Lipinski definition) is 2. The maximum absolute atomic E-state index is 11.8. The van der Waals surface area contributed by atoms with Crippen LogP contribution < -0.4 is 10.6 Å². The van der Waals surface area contributed by atoms with Crippen LogP contribution >= 0.6 is 0 Å². The van der Waals surface area contributed by atoms with Gasteiger partial charge in [0.15, 0.2) is 0 Å². The number of rotatable bonds is 3. The van der Waals surface area contributed by atoms with Crippen LogP contribution in [0, 0.1) is 19.8 Å². The highest BCUT2D eigenvalue weighted by Crippen LogP contribution is 2.14. The lowest BCUT2D eigenvalue weighted by atomic mass is 10.0. The molecule has 0 aromatic carbocycles. The van der Waals surface area contributed by atoms with Crippen molar-refractivity contribution in [3.63, 3.8) is 0 Å². The standard InChI is InChI=1S/C13H19N3O/c1-9-5-10(2)15-12(6-9)16-13(17)7-11-3-4-14-8-11/h5-6,11,14H,3-4,7-8H2,1-2H3,(H,15,16,17). The van der Waals surface area contributed by atoms with Gasteiger partial charge in [0.2, 0.25) is 5.91 Å².